The summed E-state index contributed by atoms with van der Waals surface area (Å²) in [4.78, 5) is 0. The van der Waals surface area contributed by atoms with E-state index in [9.17, 15) is 0 Å². The predicted molar refractivity (Wildman–Crippen MR) is 84.1 cm³/mol. The van der Waals surface area contributed by atoms with Gasteiger partial charge in [-0.3, -0.25) is 0 Å². The highest BCUT2D eigenvalue weighted by Crippen LogP contribution is 2.29. The van der Waals surface area contributed by atoms with Gasteiger partial charge in [-0.2, -0.15) is 0 Å². The number of hydrogen-bond acceptors (Lipinski definition) is 3. The van der Waals surface area contributed by atoms with Gasteiger partial charge in [-0.1, -0.05) is 34.1 Å². The fourth-order valence-electron chi connectivity index (χ4n) is 1.98. The molecule has 2 aromatic carbocycles. The van der Waals surface area contributed by atoms with Crippen molar-refractivity contribution >= 4 is 15.9 Å². The van der Waals surface area contributed by atoms with E-state index in [-0.39, 0.29) is 6.04 Å². The Labute approximate surface area is 127 Å². The first-order valence-electron chi connectivity index (χ1n) is 6.41. The van der Waals surface area contributed by atoms with Crippen LogP contribution < -0.4 is 15.2 Å². The standard InChI is InChI=1S/C16H18BrNO2/c1-11(18)14-9-13(17)7-8-16(14)20-10-12-5-3-4-6-15(12)19-2/h3-9,11H,10,18H2,1-2H3/t11-/m0/s1. The number of halogens is 1. The van der Waals surface area contributed by atoms with Crippen molar-refractivity contribution in [2.75, 3.05) is 7.11 Å². The van der Waals surface area contributed by atoms with Gasteiger partial charge in [0.05, 0.1) is 7.11 Å². The summed E-state index contributed by atoms with van der Waals surface area (Å²) in [6.07, 6.45) is 0. The van der Waals surface area contributed by atoms with Crippen molar-refractivity contribution in [3.05, 3.63) is 58.1 Å². The van der Waals surface area contributed by atoms with Crippen molar-refractivity contribution in [3.8, 4) is 11.5 Å². The van der Waals surface area contributed by atoms with Gasteiger partial charge in [0.15, 0.2) is 0 Å². The van der Waals surface area contributed by atoms with E-state index in [1.807, 2.05) is 49.4 Å². The van der Waals surface area contributed by atoms with Gasteiger partial charge < -0.3 is 15.2 Å². The van der Waals surface area contributed by atoms with E-state index in [2.05, 4.69) is 15.9 Å². The molecule has 0 spiro atoms. The lowest BCUT2D eigenvalue weighted by atomic mass is 10.1. The number of ether oxygens (including phenoxy) is 2. The van der Waals surface area contributed by atoms with Gasteiger partial charge in [0.25, 0.3) is 0 Å². The van der Waals surface area contributed by atoms with E-state index in [4.69, 9.17) is 15.2 Å². The Morgan fingerprint density at radius 2 is 1.90 bits per heavy atom. The number of para-hydroxylation sites is 1. The minimum Gasteiger partial charge on any atom is -0.496 e. The van der Waals surface area contributed by atoms with Crippen LogP contribution in [-0.4, -0.2) is 7.11 Å². The predicted octanol–water partition coefficient (Wildman–Crippen LogP) is 4.06. The zero-order valence-electron chi connectivity index (χ0n) is 11.6. The van der Waals surface area contributed by atoms with Crippen molar-refractivity contribution in [1.29, 1.82) is 0 Å². The molecular formula is C16H18BrNO2. The average Bonchev–Trinajstić information content (AvgIpc) is 2.46. The first-order chi connectivity index (χ1) is 9.61. The molecule has 3 nitrogen and oxygen atoms in total. The van der Waals surface area contributed by atoms with Crippen LogP contribution in [0.5, 0.6) is 11.5 Å². The Kier molecular flexibility index (Phi) is 5.04. The topological polar surface area (TPSA) is 44.5 Å². The Morgan fingerprint density at radius 1 is 1.15 bits per heavy atom. The highest BCUT2D eigenvalue weighted by molar-refractivity contribution is 9.10. The summed E-state index contributed by atoms with van der Waals surface area (Å²) >= 11 is 3.45. The summed E-state index contributed by atoms with van der Waals surface area (Å²) in [5.74, 6) is 1.63. The van der Waals surface area contributed by atoms with Gasteiger partial charge in [-0.25, -0.2) is 0 Å². The highest BCUT2D eigenvalue weighted by atomic mass is 79.9. The van der Waals surface area contributed by atoms with Crippen LogP contribution in [-0.2, 0) is 6.61 Å². The minimum absolute atomic E-state index is 0.0832. The first kappa shape index (κ1) is 14.9. The molecule has 0 saturated heterocycles. The molecule has 20 heavy (non-hydrogen) atoms. The van der Waals surface area contributed by atoms with Crippen molar-refractivity contribution in [2.45, 2.75) is 19.6 Å². The van der Waals surface area contributed by atoms with Crippen LogP contribution >= 0.6 is 15.9 Å². The van der Waals surface area contributed by atoms with Crippen LogP contribution in [0.25, 0.3) is 0 Å². The van der Waals surface area contributed by atoms with Gasteiger partial charge in [0.2, 0.25) is 0 Å². The number of rotatable bonds is 5. The molecule has 0 heterocycles. The Morgan fingerprint density at radius 3 is 2.60 bits per heavy atom. The molecule has 0 aliphatic rings. The second-order valence-corrected chi connectivity index (χ2v) is 5.49. The molecule has 2 rings (SSSR count). The third-order valence-corrected chi connectivity index (χ3v) is 3.53. The molecule has 0 amide bonds. The van der Waals surface area contributed by atoms with Crippen molar-refractivity contribution in [3.63, 3.8) is 0 Å². The molecule has 2 N–H and O–H groups in total. The summed E-state index contributed by atoms with van der Waals surface area (Å²) in [7, 11) is 1.66. The molecule has 0 fully saturated rings. The van der Waals surface area contributed by atoms with Crippen molar-refractivity contribution in [1.82, 2.24) is 0 Å². The lowest BCUT2D eigenvalue weighted by molar-refractivity contribution is 0.292. The Balaban J connectivity index is 2.19. The summed E-state index contributed by atoms with van der Waals surface area (Å²) in [5, 5.41) is 0. The van der Waals surface area contributed by atoms with E-state index >= 15 is 0 Å². The SMILES string of the molecule is COc1ccccc1COc1ccc(Br)cc1[C@H](C)N. The lowest BCUT2D eigenvalue weighted by Crippen LogP contribution is -2.08. The maximum absolute atomic E-state index is 5.98. The summed E-state index contributed by atoms with van der Waals surface area (Å²) in [6, 6.07) is 13.6. The summed E-state index contributed by atoms with van der Waals surface area (Å²) in [5.41, 5.74) is 7.97. The zero-order valence-corrected chi connectivity index (χ0v) is 13.2. The molecule has 0 saturated carbocycles. The summed E-state index contributed by atoms with van der Waals surface area (Å²) < 4.78 is 12.2. The van der Waals surface area contributed by atoms with Gasteiger partial charge in [-0.05, 0) is 31.2 Å². The Bertz CT molecular complexity index is 584. The largest absolute Gasteiger partial charge is 0.496 e. The van der Waals surface area contributed by atoms with Crippen LogP contribution in [0.4, 0.5) is 0 Å². The molecule has 0 radical (unpaired) electrons. The third-order valence-electron chi connectivity index (χ3n) is 3.04. The fourth-order valence-corrected chi connectivity index (χ4v) is 2.36. The van der Waals surface area contributed by atoms with Crippen molar-refractivity contribution < 1.29 is 9.47 Å². The van der Waals surface area contributed by atoms with Crippen LogP contribution in [0.15, 0.2) is 46.9 Å². The maximum Gasteiger partial charge on any atom is 0.125 e. The maximum atomic E-state index is 5.98. The van der Waals surface area contributed by atoms with Crippen LogP contribution in [0.2, 0.25) is 0 Å². The molecule has 0 aromatic heterocycles. The molecule has 0 unspecified atom stereocenters. The fraction of sp³-hybridized carbons (Fsp3) is 0.250. The number of methoxy groups -OCH3 is 1. The van der Waals surface area contributed by atoms with Crippen LogP contribution in [0.1, 0.15) is 24.1 Å². The molecule has 0 aliphatic carbocycles. The van der Waals surface area contributed by atoms with E-state index in [0.29, 0.717) is 6.61 Å². The Hall–Kier alpha value is -1.52. The summed E-state index contributed by atoms with van der Waals surface area (Å²) in [6.45, 7) is 2.39. The molecule has 0 bridgehead atoms. The smallest absolute Gasteiger partial charge is 0.125 e. The highest BCUT2D eigenvalue weighted by Gasteiger charge is 2.10. The molecule has 106 valence electrons. The molecular weight excluding hydrogens is 318 g/mol. The second-order valence-electron chi connectivity index (χ2n) is 4.57. The number of hydrogen-bond donors (Lipinski definition) is 1. The molecule has 2 aromatic rings. The van der Waals surface area contributed by atoms with Gasteiger partial charge >= 0.3 is 0 Å². The quantitative estimate of drug-likeness (QED) is 0.896. The van der Waals surface area contributed by atoms with Crippen molar-refractivity contribution in [2.24, 2.45) is 5.73 Å². The average molecular weight is 336 g/mol. The first-order valence-corrected chi connectivity index (χ1v) is 7.21. The van der Waals surface area contributed by atoms with Gasteiger partial charge in [-0.15, -0.1) is 0 Å². The van der Waals surface area contributed by atoms with Gasteiger partial charge in [0.1, 0.15) is 18.1 Å². The lowest BCUT2D eigenvalue weighted by Gasteiger charge is -2.15. The van der Waals surface area contributed by atoms with E-state index < -0.39 is 0 Å². The zero-order chi connectivity index (χ0) is 14.5. The molecule has 0 aliphatic heterocycles. The number of nitrogens with two attached hydrogens (primary N) is 1. The normalized spacial score (nSPS) is 12.0. The van der Waals surface area contributed by atoms with E-state index in [1.165, 1.54) is 0 Å². The number of benzene rings is 2. The molecule has 4 heteroatoms. The monoisotopic (exact) mass is 335 g/mol. The minimum atomic E-state index is -0.0832. The van der Waals surface area contributed by atoms with Crippen LogP contribution in [0, 0.1) is 0 Å². The molecule has 1 atom stereocenters. The third kappa shape index (κ3) is 3.52. The van der Waals surface area contributed by atoms with Gasteiger partial charge in [0, 0.05) is 21.6 Å². The van der Waals surface area contributed by atoms with Crippen LogP contribution in [0.3, 0.4) is 0 Å². The van der Waals surface area contributed by atoms with E-state index in [1.54, 1.807) is 7.11 Å². The second kappa shape index (κ2) is 6.77. The van der Waals surface area contributed by atoms with E-state index in [0.717, 1.165) is 27.1 Å².